The van der Waals surface area contributed by atoms with E-state index in [2.05, 4.69) is 0 Å². The van der Waals surface area contributed by atoms with Crippen molar-refractivity contribution in [2.75, 3.05) is 13.2 Å². The lowest BCUT2D eigenvalue weighted by molar-refractivity contribution is -0.180. The van der Waals surface area contributed by atoms with Crippen LogP contribution in [-0.2, 0) is 14.3 Å². The van der Waals surface area contributed by atoms with Gasteiger partial charge in [-0.05, 0) is 19.8 Å². The molecule has 0 spiro atoms. The molecule has 2 atom stereocenters. The summed E-state index contributed by atoms with van der Waals surface area (Å²) in [5, 5.41) is 8.85. The third-order valence-corrected chi connectivity index (χ3v) is 5.03. The van der Waals surface area contributed by atoms with Gasteiger partial charge in [-0.25, -0.2) is 0 Å². The van der Waals surface area contributed by atoms with Crippen molar-refractivity contribution in [1.82, 2.24) is 4.90 Å². The molecule has 2 fully saturated rings. The highest BCUT2D eigenvalue weighted by molar-refractivity contribution is 5.89. The van der Waals surface area contributed by atoms with Crippen LogP contribution in [0.15, 0.2) is 0 Å². The highest BCUT2D eigenvalue weighted by Crippen LogP contribution is 2.51. The van der Waals surface area contributed by atoms with E-state index in [1.165, 1.54) is 0 Å². The Labute approximate surface area is 125 Å². The van der Waals surface area contributed by atoms with Gasteiger partial charge >= 0.3 is 5.97 Å². The van der Waals surface area contributed by atoms with Crippen LogP contribution in [0.3, 0.4) is 0 Å². The molecule has 0 aliphatic heterocycles. The molecule has 2 aliphatic rings. The average Bonchev–Trinajstić information content (AvgIpc) is 3.22. The molecule has 0 aromatic carbocycles. The van der Waals surface area contributed by atoms with Crippen LogP contribution in [0.4, 0.5) is 0 Å². The molecule has 2 unspecified atom stereocenters. The van der Waals surface area contributed by atoms with Gasteiger partial charge in [-0.1, -0.05) is 13.8 Å². The van der Waals surface area contributed by atoms with E-state index in [1.54, 1.807) is 4.90 Å². The summed E-state index contributed by atoms with van der Waals surface area (Å²) in [6.45, 7) is 6.68. The molecular weight excluding hydrogens is 272 g/mol. The van der Waals surface area contributed by atoms with Gasteiger partial charge in [-0.3, -0.25) is 9.59 Å². The van der Waals surface area contributed by atoms with Crippen LogP contribution in [0.25, 0.3) is 0 Å². The first kappa shape index (κ1) is 16.2. The Balaban J connectivity index is 2.08. The molecule has 0 saturated heterocycles. The Morgan fingerprint density at radius 3 is 2.43 bits per heavy atom. The Hall–Kier alpha value is -1.14. The lowest BCUT2D eigenvalue weighted by Gasteiger charge is -2.58. The number of carbonyl (C=O) groups is 2. The maximum absolute atomic E-state index is 12.9. The van der Waals surface area contributed by atoms with Gasteiger partial charge in [0.05, 0.1) is 12.5 Å². The minimum atomic E-state index is -0.950. The van der Waals surface area contributed by atoms with Crippen molar-refractivity contribution in [2.24, 2.45) is 11.1 Å². The number of aliphatic carboxylic acids is 1. The molecule has 0 radical (unpaired) electrons. The van der Waals surface area contributed by atoms with Crippen LogP contribution >= 0.6 is 0 Å². The second-order valence-corrected chi connectivity index (χ2v) is 6.71. The molecule has 2 rings (SSSR count). The van der Waals surface area contributed by atoms with Crippen molar-refractivity contribution in [1.29, 1.82) is 0 Å². The number of nitrogens with two attached hydrogens (primary N) is 1. The number of carbonyl (C=O) groups excluding carboxylic acids is 1. The normalized spacial score (nSPS) is 30.6. The summed E-state index contributed by atoms with van der Waals surface area (Å²) in [7, 11) is 0. The summed E-state index contributed by atoms with van der Waals surface area (Å²) in [5.41, 5.74) is 5.01. The van der Waals surface area contributed by atoms with Crippen molar-refractivity contribution in [3.63, 3.8) is 0 Å². The molecule has 6 nitrogen and oxygen atoms in total. The summed E-state index contributed by atoms with van der Waals surface area (Å²) in [6, 6.07) is 0.166. The summed E-state index contributed by atoms with van der Waals surface area (Å²) in [5.74, 6) is -1.01. The lowest BCUT2D eigenvalue weighted by atomic mass is 9.54. The molecule has 0 bridgehead atoms. The second-order valence-electron chi connectivity index (χ2n) is 6.71. The number of ether oxygens (including phenoxy) is 1. The fourth-order valence-electron chi connectivity index (χ4n) is 3.11. The summed E-state index contributed by atoms with van der Waals surface area (Å²) in [6.07, 6.45) is 2.33. The second kappa shape index (κ2) is 5.57. The lowest BCUT2D eigenvalue weighted by Crippen LogP contribution is -2.76. The van der Waals surface area contributed by atoms with Crippen molar-refractivity contribution in [2.45, 2.75) is 64.1 Å². The van der Waals surface area contributed by atoms with E-state index in [-0.39, 0.29) is 31.0 Å². The molecule has 1 amide bonds. The van der Waals surface area contributed by atoms with Crippen LogP contribution in [0.1, 0.15) is 46.5 Å². The molecule has 21 heavy (non-hydrogen) atoms. The first-order chi connectivity index (χ1) is 9.74. The number of hydrogen-bond acceptors (Lipinski definition) is 4. The predicted molar refractivity (Wildman–Crippen MR) is 77.7 cm³/mol. The molecule has 2 aliphatic carbocycles. The summed E-state index contributed by atoms with van der Waals surface area (Å²) in [4.78, 5) is 25.3. The Morgan fingerprint density at radius 2 is 2.00 bits per heavy atom. The Bertz CT molecular complexity index is 433. The molecule has 6 heteroatoms. The first-order valence-electron chi connectivity index (χ1n) is 7.67. The van der Waals surface area contributed by atoms with E-state index >= 15 is 0 Å². The molecule has 2 saturated carbocycles. The molecular formula is C15H26N2O4. The van der Waals surface area contributed by atoms with Crippen molar-refractivity contribution in [3.05, 3.63) is 0 Å². The molecule has 0 aromatic heterocycles. The van der Waals surface area contributed by atoms with Gasteiger partial charge in [0.2, 0.25) is 5.91 Å². The standard InChI is InChI=1S/C15H26N2O4/c1-4-21-11-9-15(16,14(11,2)3)13(20)17(10-5-6-10)8-7-12(18)19/h10-11H,4-9,16H2,1-3H3,(H,18,19). The van der Waals surface area contributed by atoms with Crippen LogP contribution in [-0.4, -0.2) is 52.7 Å². The summed E-state index contributed by atoms with van der Waals surface area (Å²) < 4.78 is 5.65. The van der Waals surface area contributed by atoms with E-state index in [0.717, 1.165) is 12.8 Å². The smallest absolute Gasteiger partial charge is 0.305 e. The molecule has 0 aromatic rings. The van der Waals surface area contributed by atoms with Crippen LogP contribution in [0.5, 0.6) is 0 Å². The number of rotatable bonds is 7. The molecule has 120 valence electrons. The monoisotopic (exact) mass is 298 g/mol. The fourth-order valence-corrected chi connectivity index (χ4v) is 3.11. The predicted octanol–water partition coefficient (Wildman–Crippen LogP) is 0.985. The zero-order valence-electron chi connectivity index (χ0n) is 13.1. The largest absolute Gasteiger partial charge is 0.481 e. The van der Waals surface area contributed by atoms with Gasteiger partial charge in [0.15, 0.2) is 0 Å². The van der Waals surface area contributed by atoms with E-state index in [1.807, 2.05) is 20.8 Å². The van der Waals surface area contributed by atoms with E-state index in [9.17, 15) is 9.59 Å². The van der Waals surface area contributed by atoms with Gasteiger partial charge in [0.25, 0.3) is 0 Å². The topological polar surface area (TPSA) is 92.9 Å². The maximum Gasteiger partial charge on any atom is 0.305 e. The fraction of sp³-hybridized carbons (Fsp3) is 0.867. The minimum absolute atomic E-state index is 0.0167. The van der Waals surface area contributed by atoms with Crippen molar-refractivity contribution < 1.29 is 19.4 Å². The van der Waals surface area contributed by atoms with Gasteiger partial charge < -0.3 is 20.5 Å². The van der Waals surface area contributed by atoms with E-state index < -0.39 is 16.9 Å². The average molecular weight is 298 g/mol. The highest BCUT2D eigenvalue weighted by Gasteiger charge is 2.64. The minimum Gasteiger partial charge on any atom is -0.481 e. The molecule has 0 heterocycles. The zero-order valence-corrected chi connectivity index (χ0v) is 13.1. The van der Waals surface area contributed by atoms with E-state index in [4.69, 9.17) is 15.6 Å². The maximum atomic E-state index is 12.9. The van der Waals surface area contributed by atoms with E-state index in [0.29, 0.717) is 13.0 Å². The number of carboxylic acids is 1. The van der Waals surface area contributed by atoms with Gasteiger partial charge in [0, 0.05) is 31.0 Å². The van der Waals surface area contributed by atoms with Crippen molar-refractivity contribution in [3.8, 4) is 0 Å². The van der Waals surface area contributed by atoms with Gasteiger partial charge in [-0.2, -0.15) is 0 Å². The third-order valence-electron chi connectivity index (χ3n) is 5.03. The number of nitrogens with zero attached hydrogens (tertiary/aromatic N) is 1. The quantitative estimate of drug-likeness (QED) is 0.731. The SMILES string of the molecule is CCOC1CC(N)(C(=O)N(CCC(=O)O)C2CC2)C1(C)C. The Morgan fingerprint density at radius 1 is 1.38 bits per heavy atom. The third kappa shape index (κ3) is 2.79. The van der Waals surface area contributed by atoms with Crippen LogP contribution < -0.4 is 5.73 Å². The number of carboxylic acid groups (broad SMARTS) is 1. The number of amides is 1. The van der Waals surface area contributed by atoms with Crippen molar-refractivity contribution >= 4 is 11.9 Å². The first-order valence-corrected chi connectivity index (χ1v) is 7.67. The van der Waals surface area contributed by atoms with Crippen LogP contribution in [0, 0.1) is 5.41 Å². The van der Waals surface area contributed by atoms with Crippen LogP contribution in [0.2, 0.25) is 0 Å². The zero-order chi connectivity index (χ0) is 15.8. The summed E-state index contributed by atoms with van der Waals surface area (Å²) >= 11 is 0. The Kier molecular flexibility index (Phi) is 4.31. The molecule has 3 N–H and O–H groups in total. The van der Waals surface area contributed by atoms with Gasteiger partial charge in [-0.15, -0.1) is 0 Å². The highest BCUT2D eigenvalue weighted by atomic mass is 16.5. The number of hydrogen-bond donors (Lipinski definition) is 2. The van der Waals surface area contributed by atoms with Gasteiger partial charge in [0.1, 0.15) is 5.54 Å².